The summed E-state index contributed by atoms with van der Waals surface area (Å²) in [7, 11) is 0. The summed E-state index contributed by atoms with van der Waals surface area (Å²) in [5.74, 6) is 1.91. The van der Waals surface area contributed by atoms with Gasteiger partial charge in [-0.25, -0.2) is 0 Å². The van der Waals surface area contributed by atoms with Crippen molar-refractivity contribution in [3.05, 3.63) is 83.9 Å². The van der Waals surface area contributed by atoms with Gasteiger partial charge in [-0.3, -0.25) is 4.99 Å². The number of nitrogens with two attached hydrogens (primary N) is 1. The minimum atomic E-state index is -0.140. The maximum Gasteiger partial charge on any atom is 0.204 e. The molecule has 0 spiro atoms. The molecule has 7 nitrogen and oxygen atoms in total. The third kappa shape index (κ3) is 3.08. The molecule has 4 aliphatic rings. The maximum atomic E-state index is 6.54. The van der Waals surface area contributed by atoms with E-state index in [-0.39, 0.29) is 17.6 Å². The van der Waals surface area contributed by atoms with Crippen molar-refractivity contribution in [1.29, 1.82) is 0 Å². The number of tetrazole rings is 1. The molecule has 2 aliphatic heterocycles. The number of rotatable bonds is 4. The van der Waals surface area contributed by atoms with E-state index in [1.165, 1.54) is 17.5 Å². The van der Waals surface area contributed by atoms with Gasteiger partial charge in [0, 0.05) is 23.2 Å². The Morgan fingerprint density at radius 1 is 1.13 bits per heavy atom. The number of aliphatic imine (C=N–C) groups is 1. The molecule has 1 aromatic carbocycles. The van der Waals surface area contributed by atoms with Crippen LogP contribution in [-0.2, 0) is 5.54 Å². The van der Waals surface area contributed by atoms with Gasteiger partial charge in [-0.1, -0.05) is 48.6 Å². The molecule has 1 aromatic heterocycles. The number of fused-ring (bicyclic) bond motifs is 1. The lowest BCUT2D eigenvalue weighted by Gasteiger charge is -2.39. The van der Waals surface area contributed by atoms with Crippen molar-refractivity contribution in [2.24, 2.45) is 16.6 Å². The highest BCUT2D eigenvalue weighted by atomic mass is 15.5. The van der Waals surface area contributed by atoms with Crippen LogP contribution in [-0.4, -0.2) is 37.4 Å². The predicted octanol–water partition coefficient (Wildman–Crippen LogP) is 3.40. The van der Waals surface area contributed by atoms with Gasteiger partial charge in [0.1, 0.15) is 5.84 Å². The highest BCUT2D eigenvalue weighted by Crippen LogP contribution is 2.42. The zero-order chi connectivity index (χ0) is 20.8. The third-order valence-electron chi connectivity index (χ3n) is 7.01. The van der Waals surface area contributed by atoms with Gasteiger partial charge in [0.2, 0.25) is 5.82 Å². The Labute approximate surface area is 181 Å². The largest absolute Gasteiger partial charge is 0.327 e. The lowest BCUT2D eigenvalue weighted by Crippen LogP contribution is -2.43. The molecule has 3 atom stereocenters. The smallest absolute Gasteiger partial charge is 0.204 e. The fraction of sp³-hybridized carbons (Fsp3) is 0.333. The van der Waals surface area contributed by atoms with Crippen molar-refractivity contribution >= 4 is 11.4 Å². The number of benzene rings is 1. The van der Waals surface area contributed by atoms with E-state index in [1.807, 2.05) is 6.08 Å². The topological polar surface area (TPSA) is 96.1 Å². The molecule has 0 amide bonds. The van der Waals surface area contributed by atoms with E-state index in [9.17, 15) is 0 Å². The van der Waals surface area contributed by atoms with E-state index in [2.05, 4.69) is 86.4 Å². The Kier molecular flexibility index (Phi) is 4.24. The van der Waals surface area contributed by atoms with E-state index < -0.39 is 0 Å². The molecule has 1 fully saturated rings. The molecule has 7 heteroatoms. The van der Waals surface area contributed by atoms with Gasteiger partial charge >= 0.3 is 0 Å². The van der Waals surface area contributed by atoms with E-state index >= 15 is 0 Å². The Balaban J connectivity index is 1.36. The van der Waals surface area contributed by atoms with E-state index in [0.717, 1.165) is 30.7 Å². The molecule has 31 heavy (non-hydrogen) atoms. The SMILES string of the molecule is NC1(c2ccc(C3N=C4C=C(c5nn[nH]n5)C=CN4C3C3C=CC=CC3)cc2)CCC1. The lowest BCUT2D eigenvalue weighted by molar-refractivity contribution is 0.253. The summed E-state index contributed by atoms with van der Waals surface area (Å²) in [5.41, 5.74) is 9.77. The number of hydrogen-bond donors (Lipinski definition) is 2. The van der Waals surface area contributed by atoms with Crippen LogP contribution >= 0.6 is 0 Å². The number of amidine groups is 1. The van der Waals surface area contributed by atoms with Crippen molar-refractivity contribution in [3.8, 4) is 0 Å². The Hall–Kier alpha value is -3.32. The molecule has 3 N–H and O–H groups in total. The molecule has 3 heterocycles. The van der Waals surface area contributed by atoms with Crippen molar-refractivity contribution in [2.75, 3.05) is 0 Å². The first-order chi connectivity index (χ1) is 15.2. The number of nitrogens with one attached hydrogen (secondary N) is 1. The van der Waals surface area contributed by atoms with Crippen molar-refractivity contribution in [2.45, 2.75) is 43.3 Å². The second-order valence-electron chi connectivity index (χ2n) is 8.83. The number of H-pyrrole nitrogens is 1. The summed E-state index contributed by atoms with van der Waals surface area (Å²) in [6, 6.07) is 9.12. The fourth-order valence-electron chi connectivity index (χ4n) is 5.07. The molecule has 0 bridgehead atoms. The fourth-order valence-corrected chi connectivity index (χ4v) is 5.07. The molecule has 3 unspecified atom stereocenters. The zero-order valence-electron chi connectivity index (χ0n) is 17.2. The summed E-state index contributed by atoms with van der Waals surface area (Å²) >= 11 is 0. The zero-order valence-corrected chi connectivity index (χ0v) is 17.2. The van der Waals surface area contributed by atoms with Gasteiger partial charge < -0.3 is 10.6 Å². The normalized spacial score (nSPS) is 28.2. The molecule has 1 saturated carbocycles. The van der Waals surface area contributed by atoms with Gasteiger partial charge in [0.05, 0.1) is 12.1 Å². The minimum Gasteiger partial charge on any atom is -0.327 e. The quantitative estimate of drug-likeness (QED) is 0.804. The summed E-state index contributed by atoms with van der Waals surface area (Å²) in [5, 5.41) is 14.4. The van der Waals surface area contributed by atoms with Crippen molar-refractivity contribution in [1.82, 2.24) is 25.5 Å². The number of aromatic amines is 1. The van der Waals surface area contributed by atoms with Crippen LogP contribution in [0.2, 0.25) is 0 Å². The second kappa shape index (κ2) is 7.13. The Morgan fingerprint density at radius 3 is 2.68 bits per heavy atom. The molecule has 0 radical (unpaired) electrons. The first kappa shape index (κ1) is 18.4. The average molecular weight is 412 g/mol. The lowest BCUT2D eigenvalue weighted by atomic mass is 9.72. The molecular formula is C24H25N7. The van der Waals surface area contributed by atoms with Crippen LogP contribution in [0.25, 0.3) is 5.57 Å². The van der Waals surface area contributed by atoms with Crippen LogP contribution in [0.3, 0.4) is 0 Å². The van der Waals surface area contributed by atoms with E-state index in [4.69, 9.17) is 10.7 Å². The number of aromatic nitrogens is 4. The number of hydrogen-bond acceptors (Lipinski definition) is 6. The molecule has 6 rings (SSSR count). The van der Waals surface area contributed by atoms with Crippen LogP contribution in [0.4, 0.5) is 0 Å². The molecule has 2 aromatic rings. The summed E-state index contributed by atoms with van der Waals surface area (Å²) in [6.45, 7) is 0. The summed E-state index contributed by atoms with van der Waals surface area (Å²) in [4.78, 5) is 7.46. The van der Waals surface area contributed by atoms with Crippen molar-refractivity contribution in [3.63, 3.8) is 0 Å². The first-order valence-electron chi connectivity index (χ1n) is 10.9. The standard InChI is InChI=1S/C24H25N7/c25-24(12-4-13-24)19-9-7-16(8-10-19)21-22(17-5-2-1-3-6-17)31-14-11-18(15-20(31)26-21)23-27-29-30-28-23/h1-3,5,7-11,14-15,17,21-22H,4,6,12-13,25H2,(H,27,28,29,30). The number of allylic oxidation sites excluding steroid dienone is 5. The van der Waals surface area contributed by atoms with Crippen LogP contribution in [0.5, 0.6) is 0 Å². The van der Waals surface area contributed by atoms with Crippen LogP contribution in [0.1, 0.15) is 48.7 Å². The molecule has 2 aliphatic carbocycles. The van der Waals surface area contributed by atoms with Gasteiger partial charge in [-0.2, -0.15) is 5.21 Å². The highest BCUT2D eigenvalue weighted by Gasteiger charge is 2.41. The van der Waals surface area contributed by atoms with E-state index in [0.29, 0.717) is 11.7 Å². The van der Waals surface area contributed by atoms with Gasteiger partial charge in [-0.05, 0) is 54.2 Å². The maximum absolute atomic E-state index is 6.54. The monoisotopic (exact) mass is 411 g/mol. The third-order valence-corrected chi connectivity index (χ3v) is 7.01. The summed E-state index contributed by atoms with van der Waals surface area (Å²) < 4.78 is 0. The van der Waals surface area contributed by atoms with Crippen LogP contribution in [0.15, 0.2) is 71.9 Å². The molecule has 0 saturated heterocycles. The van der Waals surface area contributed by atoms with Crippen LogP contribution in [0, 0.1) is 5.92 Å². The van der Waals surface area contributed by atoms with Gasteiger partial charge in [0.15, 0.2) is 0 Å². The average Bonchev–Trinajstić information content (AvgIpc) is 3.46. The Morgan fingerprint density at radius 2 is 2.00 bits per heavy atom. The summed E-state index contributed by atoms with van der Waals surface area (Å²) in [6.07, 6.45) is 19.4. The highest BCUT2D eigenvalue weighted by molar-refractivity contribution is 6.04. The van der Waals surface area contributed by atoms with Gasteiger partial charge in [-0.15, -0.1) is 10.2 Å². The first-order valence-corrected chi connectivity index (χ1v) is 10.9. The van der Waals surface area contributed by atoms with Gasteiger partial charge in [0.25, 0.3) is 0 Å². The number of nitrogens with zero attached hydrogens (tertiary/aromatic N) is 5. The predicted molar refractivity (Wildman–Crippen MR) is 120 cm³/mol. The second-order valence-corrected chi connectivity index (χ2v) is 8.83. The van der Waals surface area contributed by atoms with Crippen LogP contribution < -0.4 is 5.73 Å². The van der Waals surface area contributed by atoms with Crippen molar-refractivity contribution < 1.29 is 0 Å². The minimum absolute atomic E-state index is 0.0471. The Bertz CT molecular complexity index is 1120. The van der Waals surface area contributed by atoms with E-state index in [1.54, 1.807) is 0 Å². The molecular weight excluding hydrogens is 386 g/mol. The molecule has 156 valence electrons.